The number of nitrogens with one attached hydrogen (secondary N) is 2. The molecule has 0 aliphatic carbocycles. The lowest BCUT2D eigenvalue weighted by molar-refractivity contribution is 0.411. The predicted molar refractivity (Wildman–Crippen MR) is 219 cm³/mol. The van der Waals surface area contributed by atoms with E-state index < -0.39 is 0 Å². The molecular weight excluding hydrogens is 647 g/mol. The summed E-state index contributed by atoms with van der Waals surface area (Å²) < 4.78 is 6.54. The van der Waals surface area contributed by atoms with Crippen LogP contribution in [0.4, 0.5) is 0 Å². The van der Waals surface area contributed by atoms with Gasteiger partial charge in [0.2, 0.25) is 0 Å². The van der Waals surface area contributed by atoms with E-state index in [0.717, 1.165) is 61.2 Å². The SMILES string of the molecule is c1ccc(-c2cccc(C3N=C(c4ccc5cc(-c6ccccc6)ccc5c4)NC(c4cc(-c5ccccc5)cc5oc6ccccc6c45)N3)c2)cc1. The normalized spacial score (nSPS) is 15.7. The maximum absolute atomic E-state index is 6.54. The van der Waals surface area contributed by atoms with Gasteiger partial charge in [-0.3, -0.25) is 5.32 Å². The van der Waals surface area contributed by atoms with Gasteiger partial charge in [-0.1, -0.05) is 152 Å². The number of aliphatic imine (C=N–C) groups is 1. The third-order valence-electron chi connectivity index (χ3n) is 10.3. The van der Waals surface area contributed by atoms with Crippen LogP contribution in [0, 0.1) is 0 Å². The van der Waals surface area contributed by atoms with Crippen LogP contribution in [0.3, 0.4) is 0 Å². The summed E-state index contributed by atoms with van der Waals surface area (Å²) in [6.07, 6.45) is -0.596. The quantitative estimate of drug-likeness (QED) is 0.184. The second-order valence-corrected chi connectivity index (χ2v) is 13.7. The molecule has 0 amide bonds. The third kappa shape index (κ3) is 5.85. The van der Waals surface area contributed by atoms with E-state index in [-0.39, 0.29) is 12.3 Å². The van der Waals surface area contributed by atoms with Crippen molar-refractivity contribution >= 4 is 38.5 Å². The van der Waals surface area contributed by atoms with Crippen LogP contribution in [-0.4, -0.2) is 5.84 Å². The fourth-order valence-electron chi connectivity index (χ4n) is 7.67. The van der Waals surface area contributed by atoms with Crippen molar-refractivity contribution in [1.29, 1.82) is 0 Å². The first-order valence-corrected chi connectivity index (χ1v) is 18.1. The number of hydrogen-bond acceptors (Lipinski definition) is 4. The largest absolute Gasteiger partial charge is 0.456 e. The van der Waals surface area contributed by atoms with Crippen LogP contribution in [0.2, 0.25) is 0 Å². The average molecular weight is 682 g/mol. The lowest BCUT2D eigenvalue weighted by Crippen LogP contribution is -2.45. The van der Waals surface area contributed by atoms with E-state index in [9.17, 15) is 0 Å². The monoisotopic (exact) mass is 681 g/mol. The van der Waals surface area contributed by atoms with Gasteiger partial charge in [-0.15, -0.1) is 0 Å². The standard InChI is InChI=1S/C49H35N3O/c1-4-13-32(14-5-1)35-19-12-20-39(28-35)47-50-48(40-26-25-37-27-36(23-24-38(37)29-40)33-15-6-2-7-16-33)52-49(51-47)43-30-41(34-17-8-3-9-18-34)31-45-46(43)42-21-10-11-22-44(42)53-45/h1-31,47,49,51H,(H,50,52). The molecule has 53 heavy (non-hydrogen) atoms. The first-order valence-electron chi connectivity index (χ1n) is 18.1. The van der Waals surface area contributed by atoms with Crippen molar-refractivity contribution in [1.82, 2.24) is 10.6 Å². The Morgan fingerprint density at radius 3 is 1.74 bits per heavy atom. The molecule has 252 valence electrons. The van der Waals surface area contributed by atoms with Gasteiger partial charge in [0.1, 0.15) is 29.3 Å². The summed E-state index contributed by atoms with van der Waals surface area (Å²) in [6, 6.07) is 66.4. The van der Waals surface area contributed by atoms with Gasteiger partial charge in [-0.25, -0.2) is 4.99 Å². The van der Waals surface area contributed by atoms with Gasteiger partial charge in [0.05, 0.1) is 0 Å². The Balaban J connectivity index is 1.12. The second kappa shape index (κ2) is 13.1. The van der Waals surface area contributed by atoms with Gasteiger partial charge >= 0.3 is 0 Å². The minimum absolute atomic E-state index is 0.281. The Morgan fingerprint density at radius 1 is 0.434 bits per heavy atom. The molecule has 9 aromatic rings. The lowest BCUT2D eigenvalue weighted by atomic mass is 9.95. The van der Waals surface area contributed by atoms with E-state index in [1.165, 1.54) is 27.5 Å². The Labute approximate surface area is 308 Å². The van der Waals surface area contributed by atoms with Crippen molar-refractivity contribution in [2.75, 3.05) is 0 Å². The molecule has 1 aliphatic heterocycles. The molecule has 4 heteroatoms. The fourth-order valence-corrected chi connectivity index (χ4v) is 7.67. The molecule has 0 saturated heterocycles. The molecule has 0 radical (unpaired) electrons. The van der Waals surface area contributed by atoms with Gasteiger partial charge in [0.15, 0.2) is 0 Å². The van der Waals surface area contributed by atoms with Gasteiger partial charge < -0.3 is 9.73 Å². The summed E-state index contributed by atoms with van der Waals surface area (Å²) in [4.78, 5) is 5.39. The molecule has 1 aromatic heterocycles. The molecule has 0 spiro atoms. The zero-order valence-electron chi connectivity index (χ0n) is 28.9. The van der Waals surface area contributed by atoms with Crippen molar-refractivity contribution in [2.45, 2.75) is 12.3 Å². The minimum Gasteiger partial charge on any atom is -0.456 e. The van der Waals surface area contributed by atoms with Crippen molar-refractivity contribution < 1.29 is 4.42 Å². The summed E-state index contributed by atoms with van der Waals surface area (Å²) in [5.74, 6) is 0.837. The first kappa shape index (κ1) is 31.0. The number of fused-ring (bicyclic) bond motifs is 4. The number of hydrogen-bond donors (Lipinski definition) is 2. The van der Waals surface area contributed by atoms with Crippen LogP contribution in [0.5, 0.6) is 0 Å². The van der Waals surface area contributed by atoms with E-state index >= 15 is 0 Å². The van der Waals surface area contributed by atoms with Gasteiger partial charge in [-0.2, -0.15) is 0 Å². The zero-order valence-corrected chi connectivity index (χ0v) is 28.9. The highest BCUT2D eigenvalue weighted by molar-refractivity contribution is 6.09. The van der Waals surface area contributed by atoms with Crippen molar-refractivity contribution in [3.05, 3.63) is 205 Å². The van der Waals surface area contributed by atoms with Crippen molar-refractivity contribution in [2.24, 2.45) is 4.99 Å². The molecule has 1 aliphatic rings. The molecule has 8 aromatic carbocycles. The first-order chi connectivity index (χ1) is 26.2. The number of furan rings is 1. The highest BCUT2D eigenvalue weighted by atomic mass is 16.3. The molecule has 0 saturated carbocycles. The number of amidine groups is 1. The molecule has 2 atom stereocenters. The predicted octanol–water partition coefficient (Wildman–Crippen LogP) is 12.1. The summed E-state index contributed by atoms with van der Waals surface area (Å²) >= 11 is 0. The lowest BCUT2D eigenvalue weighted by Gasteiger charge is -2.33. The summed E-state index contributed by atoms with van der Waals surface area (Å²) in [7, 11) is 0. The molecule has 4 nitrogen and oxygen atoms in total. The van der Waals surface area contributed by atoms with E-state index in [4.69, 9.17) is 9.41 Å². The minimum atomic E-state index is -0.315. The number of benzene rings is 8. The Hall–Kier alpha value is -6.75. The maximum atomic E-state index is 6.54. The fraction of sp³-hybridized carbons (Fsp3) is 0.0408. The van der Waals surface area contributed by atoms with Crippen molar-refractivity contribution in [3.8, 4) is 33.4 Å². The van der Waals surface area contributed by atoms with Gasteiger partial charge in [0.25, 0.3) is 0 Å². The molecule has 2 N–H and O–H groups in total. The average Bonchev–Trinajstić information content (AvgIpc) is 3.62. The summed E-state index contributed by atoms with van der Waals surface area (Å²) in [5.41, 5.74) is 12.0. The molecular formula is C49H35N3O. The van der Waals surface area contributed by atoms with Crippen LogP contribution in [0.1, 0.15) is 29.0 Å². The van der Waals surface area contributed by atoms with E-state index in [1.54, 1.807) is 0 Å². The van der Waals surface area contributed by atoms with E-state index in [2.05, 4.69) is 187 Å². The molecule has 10 rings (SSSR count). The summed E-state index contributed by atoms with van der Waals surface area (Å²) in [5, 5.41) is 12.3. The van der Waals surface area contributed by atoms with Crippen LogP contribution in [-0.2, 0) is 0 Å². The van der Waals surface area contributed by atoms with Crippen LogP contribution in [0.15, 0.2) is 197 Å². The number of nitrogens with zero attached hydrogens (tertiary/aromatic N) is 1. The van der Waals surface area contributed by atoms with Gasteiger partial charge in [-0.05, 0) is 86.1 Å². The van der Waals surface area contributed by atoms with Crippen LogP contribution >= 0.6 is 0 Å². The third-order valence-corrected chi connectivity index (χ3v) is 10.3. The highest BCUT2D eigenvalue weighted by Crippen LogP contribution is 2.39. The smallest absolute Gasteiger partial charge is 0.136 e. The highest BCUT2D eigenvalue weighted by Gasteiger charge is 2.29. The number of rotatable bonds is 6. The number of para-hydroxylation sites is 1. The topological polar surface area (TPSA) is 49.6 Å². The Morgan fingerprint density at radius 2 is 1.02 bits per heavy atom. The van der Waals surface area contributed by atoms with Crippen LogP contribution in [0.25, 0.3) is 66.1 Å². The zero-order chi connectivity index (χ0) is 35.1. The molecule has 2 heterocycles. The molecule has 0 bridgehead atoms. The van der Waals surface area contributed by atoms with E-state index in [0.29, 0.717) is 0 Å². The maximum Gasteiger partial charge on any atom is 0.136 e. The summed E-state index contributed by atoms with van der Waals surface area (Å²) in [6.45, 7) is 0. The Kier molecular flexibility index (Phi) is 7.67. The Bertz CT molecular complexity index is 2790. The van der Waals surface area contributed by atoms with Crippen LogP contribution < -0.4 is 10.6 Å². The van der Waals surface area contributed by atoms with Gasteiger partial charge in [0, 0.05) is 21.9 Å². The second-order valence-electron chi connectivity index (χ2n) is 13.7. The van der Waals surface area contributed by atoms with E-state index in [1.807, 2.05) is 12.1 Å². The van der Waals surface area contributed by atoms with Crippen molar-refractivity contribution in [3.63, 3.8) is 0 Å². The molecule has 2 unspecified atom stereocenters. The molecule has 0 fully saturated rings.